The molecule has 1 amide bonds. The molecule has 4 atom stereocenters. The lowest BCUT2D eigenvalue weighted by Gasteiger charge is -2.37. The molecule has 0 saturated carbocycles. The van der Waals surface area contributed by atoms with Crippen LogP contribution in [0.15, 0.2) is 47.4 Å². The van der Waals surface area contributed by atoms with Gasteiger partial charge < -0.3 is 15.0 Å². The number of carbonyl (C=O) groups is 1. The molecular weight excluding hydrogens is 416 g/mol. The summed E-state index contributed by atoms with van der Waals surface area (Å²) in [4.78, 5) is 33.6. The zero-order valence-corrected chi connectivity index (χ0v) is 19.1. The van der Waals surface area contributed by atoms with Gasteiger partial charge in [0.25, 0.3) is 5.56 Å². The molecule has 2 aromatic rings. The van der Waals surface area contributed by atoms with Gasteiger partial charge >= 0.3 is 0 Å². The maximum absolute atomic E-state index is 13.5. The lowest BCUT2D eigenvalue weighted by molar-refractivity contribution is -0.127. The van der Waals surface area contributed by atoms with Crippen molar-refractivity contribution in [3.8, 4) is 0 Å². The van der Waals surface area contributed by atoms with Gasteiger partial charge in [0.2, 0.25) is 5.91 Å². The Bertz CT molecular complexity index is 1110. The van der Waals surface area contributed by atoms with Gasteiger partial charge in [0.15, 0.2) is 0 Å². The van der Waals surface area contributed by atoms with Crippen molar-refractivity contribution >= 4 is 11.5 Å². The van der Waals surface area contributed by atoms with Gasteiger partial charge in [0, 0.05) is 42.6 Å². The van der Waals surface area contributed by atoms with Gasteiger partial charge in [-0.25, -0.2) is 0 Å². The molecule has 3 aliphatic rings. The van der Waals surface area contributed by atoms with Gasteiger partial charge in [0.05, 0.1) is 24.2 Å². The second kappa shape index (κ2) is 9.23. The highest BCUT2D eigenvalue weighted by molar-refractivity contribution is 5.80. The topological polar surface area (TPSA) is 87.5 Å². The summed E-state index contributed by atoms with van der Waals surface area (Å²) in [7, 11) is 0. The molecule has 1 saturated heterocycles. The predicted molar refractivity (Wildman–Crippen MR) is 126 cm³/mol. The molecule has 7 nitrogen and oxygen atoms in total. The van der Waals surface area contributed by atoms with Crippen LogP contribution in [-0.2, 0) is 17.9 Å². The molecule has 174 valence electrons. The Morgan fingerprint density at radius 1 is 1.24 bits per heavy atom. The summed E-state index contributed by atoms with van der Waals surface area (Å²) in [5.74, 6) is -0.738. The van der Waals surface area contributed by atoms with E-state index >= 15 is 0 Å². The standard InChI is InChI=1S/C26H32N4O3/c1-2-29-22-15-30-21(12-11-19(26(30)33)17-8-4-3-5-9-17)24(29)23(20(22)16-31)25(32)28-14-18-10-6-7-13-27-18/h6-8,10-13,20,22-24,31H,2-5,9,14-16H2,1H3,(H,28,32)/t20-,22-,23+,24+/m1/s1. The Balaban J connectivity index is 1.49. The van der Waals surface area contributed by atoms with Crippen molar-refractivity contribution in [1.82, 2.24) is 19.8 Å². The lowest BCUT2D eigenvalue weighted by atomic mass is 9.86. The molecule has 1 fully saturated rings. The van der Waals surface area contributed by atoms with Crippen LogP contribution in [0.2, 0.25) is 0 Å². The van der Waals surface area contributed by atoms with Gasteiger partial charge in [-0.2, -0.15) is 0 Å². The fourth-order valence-corrected chi connectivity index (χ4v) is 6.08. The molecule has 0 aromatic carbocycles. The number of amides is 1. The molecule has 4 heterocycles. The molecule has 33 heavy (non-hydrogen) atoms. The van der Waals surface area contributed by atoms with Crippen LogP contribution in [-0.4, -0.2) is 44.7 Å². The van der Waals surface area contributed by atoms with Crippen LogP contribution in [0.4, 0.5) is 0 Å². The molecule has 7 heteroatoms. The van der Waals surface area contributed by atoms with E-state index in [9.17, 15) is 14.7 Å². The van der Waals surface area contributed by atoms with E-state index in [1.54, 1.807) is 6.20 Å². The second-order valence-electron chi connectivity index (χ2n) is 9.32. The fraction of sp³-hybridized carbons (Fsp3) is 0.500. The van der Waals surface area contributed by atoms with Crippen LogP contribution in [0.3, 0.4) is 0 Å². The summed E-state index contributed by atoms with van der Waals surface area (Å²) in [5, 5.41) is 13.4. The summed E-state index contributed by atoms with van der Waals surface area (Å²) >= 11 is 0. The van der Waals surface area contributed by atoms with Crippen molar-refractivity contribution in [2.45, 2.75) is 57.8 Å². The Hall–Kier alpha value is -2.77. The molecular formula is C26H32N4O3. The minimum Gasteiger partial charge on any atom is -0.396 e. The van der Waals surface area contributed by atoms with E-state index in [0.717, 1.165) is 48.3 Å². The molecule has 2 bridgehead atoms. The summed E-state index contributed by atoms with van der Waals surface area (Å²) in [6.45, 7) is 3.61. The largest absolute Gasteiger partial charge is 0.396 e. The van der Waals surface area contributed by atoms with Crippen LogP contribution >= 0.6 is 0 Å². The number of aromatic nitrogens is 2. The van der Waals surface area contributed by atoms with E-state index in [-0.39, 0.29) is 36.1 Å². The predicted octanol–water partition coefficient (Wildman–Crippen LogP) is 2.50. The number of hydrogen-bond donors (Lipinski definition) is 2. The van der Waals surface area contributed by atoms with Crippen molar-refractivity contribution in [2.24, 2.45) is 11.8 Å². The first kappa shape index (κ1) is 22.0. The number of likely N-dealkylation sites (N-methyl/N-ethyl adjacent to an activating group) is 1. The minimum absolute atomic E-state index is 0.0395. The van der Waals surface area contributed by atoms with Crippen molar-refractivity contribution in [3.63, 3.8) is 0 Å². The number of carbonyl (C=O) groups excluding carboxylic acids is 1. The molecule has 2 aromatic heterocycles. The number of pyridine rings is 2. The molecule has 2 N–H and O–H groups in total. The fourth-order valence-electron chi connectivity index (χ4n) is 6.08. The van der Waals surface area contributed by atoms with Crippen LogP contribution in [0, 0.1) is 11.8 Å². The van der Waals surface area contributed by atoms with E-state index < -0.39 is 5.92 Å². The minimum atomic E-state index is -0.420. The number of aliphatic hydroxyl groups is 1. The Kier molecular flexibility index (Phi) is 6.17. The third kappa shape index (κ3) is 3.83. The number of allylic oxidation sites excluding steroid dienone is 2. The summed E-state index contributed by atoms with van der Waals surface area (Å²) in [5.41, 5.74) is 3.65. The van der Waals surface area contributed by atoms with Gasteiger partial charge in [-0.05, 0) is 62.1 Å². The van der Waals surface area contributed by atoms with Crippen molar-refractivity contribution in [1.29, 1.82) is 0 Å². The molecule has 0 spiro atoms. The first-order chi connectivity index (χ1) is 16.1. The number of fused-ring (bicyclic) bond motifs is 4. The second-order valence-corrected chi connectivity index (χ2v) is 9.32. The Labute approximate surface area is 194 Å². The van der Waals surface area contributed by atoms with Gasteiger partial charge in [0.1, 0.15) is 0 Å². The zero-order chi connectivity index (χ0) is 22.9. The maximum atomic E-state index is 13.5. The van der Waals surface area contributed by atoms with E-state index in [4.69, 9.17) is 0 Å². The van der Waals surface area contributed by atoms with E-state index in [1.807, 2.05) is 34.9 Å². The molecule has 2 aliphatic heterocycles. The van der Waals surface area contributed by atoms with Crippen molar-refractivity contribution < 1.29 is 9.90 Å². The monoisotopic (exact) mass is 448 g/mol. The molecule has 1 aliphatic carbocycles. The smallest absolute Gasteiger partial charge is 0.258 e. The maximum Gasteiger partial charge on any atom is 0.258 e. The first-order valence-electron chi connectivity index (χ1n) is 12.1. The number of rotatable bonds is 6. The number of hydrogen-bond acceptors (Lipinski definition) is 5. The number of nitrogens with zero attached hydrogens (tertiary/aromatic N) is 3. The summed E-state index contributed by atoms with van der Waals surface area (Å²) < 4.78 is 1.88. The van der Waals surface area contributed by atoms with Crippen LogP contribution in [0.5, 0.6) is 0 Å². The Morgan fingerprint density at radius 3 is 2.82 bits per heavy atom. The lowest BCUT2D eigenvalue weighted by Crippen LogP contribution is -2.46. The summed E-state index contributed by atoms with van der Waals surface area (Å²) in [6, 6.07) is 9.34. The quantitative estimate of drug-likeness (QED) is 0.709. The number of aliphatic hydroxyl groups excluding tert-OH is 1. The zero-order valence-electron chi connectivity index (χ0n) is 19.1. The van der Waals surface area contributed by atoms with Crippen LogP contribution in [0.1, 0.15) is 55.6 Å². The van der Waals surface area contributed by atoms with Crippen LogP contribution in [0.25, 0.3) is 5.57 Å². The summed E-state index contributed by atoms with van der Waals surface area (Å²) in [6.07, 6.45) is 8.18. The average molecular weight is 449 g/mol. The van der Waals surface area contributed by atoms with E-state index in [2.05, 4.69) is 28.2 Å². The molecule has 5 rings (SSSR count). The highest BCUT2D eigenvalue weighted by Crippen LogP contribution is 2.48. The normalized spacial score (nSPS) is 26.5. The molecule has 0 unspecified atom stereocenters. The highest BCUT2D eigenvalue weighted by Gasteiger charge is 2.55. The highest BCUT2D eigenvalue weighted by atomic mass is 16.3. The third-order valence-electron chi connectivity index (χ3n) is 7.65. The first-order valence-corrected chi connectivity index (χ1v) is 12.1. The van der Waals surface area contributed by atoms with Crippen molar-refractivity contribution in [2.75, 3.05) is 13.2 Å². The molecule has 0 radical (unpaired) electrons. The Morgan fingerprint density at radius 2 is 2.12 bits per heavy atom. The number of nitrogens with one attached hydrogen (secondary N) is 1. The van der Waals surface area contributed by atoms with Crippen molar-refractivity contribution in [3.05, 3.63) is 69.9 Å². The van der Waals surface area contributed by atoms with E-state index in [0.29, 0.717) is 13.1 Å². The van der Waals surface area contributed by atoms with Gasteiger partial charge in [-0.3, -0.25) is 19.5 Å². The third-order valence-corrected chi connectivity index (χ3v) is 7.65. The van der Waals surface area contributed by atoms with Gasteiger partial charge in [-0.1, -0.05) is 19.1 Å². The van der Waals surface area contributed by atoms with Crippen LogP contribution < -0.4 is 10.9 Å². The van der Waals surface area contributed by atoms with E-state index in [1.165, 1.54) is 6.42 Å². The average Bonchev–Trinajstić information content (AvgIpc) is 3.09. The van der Waals surface area contributed by atoms with Gasteiger partial charge in [-0.15, -0.1) is 0 Å². The SMILES string of the molecule is CCN1[C@@H]2Cn3c(ccc(C4=CCCCC4)c3=O)[C@H]1[C@@H](C(=O)NCc1ccccn1)[C@@H]2CO.